The lowest BCUT2D eigenvalue weighted by Crippen LogP contribution is -2.30. The van der Waals surface area contributed by atoms with E-state index in [9.17, 15) is 10.1 Å². The molecule has 0 N–H and O–H groups in total. The highest BCUT2D eigenvalue weighted by Gasteiger charge is 2.27. The molecule has 184 valence electrons. The number of nitriles is 1. The molecule has 36 heavy (non-hydrogen) atoms. The van der Waals surface area contributed by atoms with E-state index in [2.05, 4.69) is 20.6 Å². The van der Waals surface area contributed by atoms with Crippen molar-refractivity contribution in [1.29, 1.82) is 5.26 Å². The Morgan fingerprint density at radius 3 is 2.69 bits per heavy atom. The van der Waals surface area contributed by atoms with Gasteiger partial charge >= 0.3 is 5.97 Å². The molecule has 3 aromatic rings. The monoisotopic (exact) mass is 539 g/mol. The van der Waals surface area contributed by atoms with Crippen LogP contribution in [0.3, 0.4) is 0 Å². The second kappa shape index (κ2) is 12.1. The summed E-state index contributed by atoms with van der Waals surface area (Å²) in [5.41, 5.74) is 2.81. The molecule has 1 aliphatic rings. The second-order valence-corrected chi connectivity index (χ2v) is 10.1. The van der Waals surface area contributed by atoms with Crippen molar-refractivity contribution in [2.75, 3.05) is 31.7 Å². The molecule has 0 aliphatic carbocycles. The van der Waals surface area contributed by atoms with Gasteiger partial charge in [-0.3, -0.25) is 0 Å². The molecular formula is C25H22ClN5O3S2. The Kier molecular flexibility index (Phi) is 8.65. The molecule has 4 rings (SSSR count). The van der Waals surface area contributed by atoms with Crippen LogP contribution < -0.4 is 9.64 Å². The molecule has 8 nitrogen and oxygen atoms in total. The van der Waals surface area contributed by atoms with Gasteiger partial charge in [-0.15, -0.1) is 11.3 Å². The van der Waals surface area contributed by atoms with Gasteiger partial charge in [0.25, 0.3) is 5.69 Å². The van der Waals surface area contributed by atoms with Gasteiger partial charge in [0.1, 0.15) is 16.1 Å². The number of esters is 1. The van der Waals surface area contributed by atoms with Crippen molar-refractivity contribution in [2.45, 2.75) is 30.0 Å². The number of thiazole rings is 1. The molecule has 0 spiro atoms. The third kappa shape index (κ3) is 5.90. The van der Waals surface area contributed by atoms with Gasteiger partial charge in [0.2, 0.25) is 5.88 Å². The third-order valence-corrected chi connectivity index (χ3v) is 7.73. The van der Waals surface area contributed by atoms with Gasteiger partial charge in [0.05, 0.1) is 30.6 Å². The lowest BCUT2D eigenvalue weighted by atomic mass is 10.1. The minimum absolute atomic E-state index is 0.0256. The summed E-state index contributed by atoms with van der Waals surface area (Å²) in [5.74, 6) is -0.0837. The van der Waals surface area contributed by atoms with E-state index >= 15 is 0 Å². The first-order valence-electron chi connectivity index (χ1n) is 11.2. The predicted molar refractivity (Wildman–Crippen MR) is 141 cm³/mol. The Bertz CT molecular complexity index is 1330. The van der Waals surface area contributed by atoms with Crippen LogP contribution in [-0.2, 0) is 15.3 Å². The lowest BCUT2D eigenvalue weighted by molar-refractivity contribution is -0.143. The number of pyridine rings is 1. The summed E-state index contributed by atoms with van der Waals surface area (Å²) in [5, 5.41) is 14.0. The lowest BCUT2D eigenvalue weighted by Gasteiger charge is -2.31. The Labute approximate surface area is 222 Å². The van der Waals surface area contributed by atoms with E-state index in [1.54, 1.807) is 0 Å². The molecule has 1 fully saturated rings. The predicted octanol–water partition coefficient (Wildman–Crippen LogP) is 6.12. The molecule has 0 amide bonds. The van der Waals surface area contributed by atoms with Crippen LogP contribution in [0.15, 0.2) is 34.7 Å². The van der Waals surface area contributed by atoms with Crippen molar-refractivity contribution in [1.82, 2.24) is 9.97 Å². The van der Waals surface area contributed by atoms with Crippen LogP contribution in [0.1, 0.15) is 30.5 Å². The number of hydrogen-bond donors (Lipinski definition) is 0. The number of aromatic nitrogens is 2. The normalized spacial score (nSPS) is 13.1. The summed E-state index contributed by atoms with van der Waals surface area (Å²) >= 11 is 8.87. The van der Waals surface area contributed by atoms with E-state index in [1.807, 2.05) is 34.5 Å². The summed E-state index contributed by atoms with van der Waals surface area (Å²) in [6.07, 6.45) is 3.04. The first kappa shape index (κ1) is 25.8. The Morgan fingerprint density at radius 1 is 1.28 bits per heavy atom. The number of piperidine rings is 1. The van der Waals surface area contributed by atoms with Gasteiger partial charge in [-0.1, -0.05) is 35.5 Å². The van der Waals surface area contributed by atoms with Crippen molar-refractivity contribution in [3.8, 4) is 22.5 Å². The van der Waals surface area contributed by atoms with E-state index in [-0.39, 0.29) is 18.2 Å². The highest BCUT2D eigenvalue weighted by molar-refractivity contribution is 7.98. The number of benzene rings is 1. The first-order valence-corrected chi connectivity index (χ1v) is 13.4. The molecule has 1 aliphatic heterocycles. The minimum atomic E-state index is -0.581. The van der Waals surface area contributed by atoms with Gasteiger partial charge in [0.15, 0.2) is 6.61 Å². The van der Waals surface area contributed by atoms with Gasteiger partial charge < -0.3 is 14.4 Å². The molecule has 0 radical (unpaired) electrons. The van der Waals surface area contributed by atoms with Gasteiger partial charge in [0, 0.05) is 34.8 Å². The fourth-order valence-electron chi connectivity index (χ4n) is 3.78. The summed E-state index contributed by atoms with van der Waals surface area (Å²) < 4.78 is 10.3. The average molecular weight is 540 g/mol. The maximum absolute atomic E-state index is 11.7. The number of thioether (sulfide) groups is 1. The van der Waals surface area contributed by atoms with Crippen molar-refractivity contribution in [3.05, 3.63) is 57.3 Å². The van der Waals surface area contributed by atoms with Crippen molar-refractivity contribution < 1.29 is 14.3 Å². The number of carbonyl (C=O) groups excluding carboxylic acids is 1. The number of ether oxygens (including phenoxy) is 2. The zero-order chi connectivity index (χ0) is 25.5. The van der Waals surface area contributed by atoms with Crippen LogP contribution in [0.4, 0.5) is 11.4 Å². The van der Waals surface area contributed by atoms with Crippen LogP contribution in [0.2, 0.25) is 5.02 Å². The fourth-order valence-corrected chi connectivity index (χ4v) is 5.70. The maximum atomic E-state index is 11.7. The van der Waals surface area contributed by atoms with E-state index in [0.717, 1.165) is 48.6 Å². The number of carbonyl (C=O) groups is 1. The van der Waals surface area contributed by atoms with E-state index in [1.165, 1.54) is 30.2 Å². The number of halogens is 1. The third-order valence-electron chi connectivity index (χ3n) is 5.53. The zero-order valence-corrected chi connectivity index (χ0v) is 21.9. The average Bonchev–Trinajstić information content (AvgIpc) is 3.39. The van der Waals surface area contributed by atoms with Gasteiger partial charge in [-0.05, 0) is 31.4 Å². The van der Waals surface area contributed by atoms with Crippen molar-refractivity contribution in [3.63, 3.8) is 0 Å². The highest BCUT2D eigenvalue weighted by Crippen LogP contribution is 2.44. The Morgan fingerprint density at radius 2 is 2.03 bits per heavy atom. The molecule has 0 atom stereocenters. The first-order chi connectivity index (χ1) is 17.5. The van der Waals surface area contributed by atoms with Crippen LogP contribution in [-0.4, -0.2) is 42.7 Å². The highest BCUT2D eigenvalue weighted by atomic mass is 35.5. The molecule has 0 saturated carbocycles. The minimum Gasteiger partial charge on any atom is -0.474 e. The zero-order valence-electron chi connectivity index (χ0n) is 19.5. The number of rotatable bonds is 8. The maximum Gasteiger partial charge on any atom is 0.343 e. The van der Waals surface area contributed by atoms with E-state index in [0.29, 0.717) is 27.1 Å². The van der Waals surface area contributed by atoms with Crippen LogP contribution >= 0.6 is 34.7 Å². The number of hydrogen-bond acceptors (Lipinski definition) is 9. The van der Waals surface area contributed by atoms with Crippen molar-refractivity contribution >= 4 is 52.0 Å². The van der Waals surface area contributed by atoms with Crippen LogP contribution in [0, 0.1) is 17.9 Å². The van der Waals surface area contributed by atoms with Crippen LogP contribution in [0.25, 0.3) is 15.4 Å². The SMILES string of the molecule is [C-]#[N+]c1c(OCC(=O)OC)nc(SCc2csc(-c3ccc(Cl)cc3)n2)c(C#N)c1N1CCCCC1. The number of nitrogens with zero attached hydrogens (tertiary/aromatic N) is 5. The Balaban J connectivity index is 1.66. The molecule has 1 aromatic carbocycles. The van der Waals surface area contributed by atoms with Gasteiger partial charge in [-0.2, -0.15) is 5.26 Å². The summed E-state index contributed by atoms with van der Waals surface area (Å²) in [7, 11) is 1.26. The summed E-state index contributed by atoms with van der Waals surface area (Å²) in [6.45, 7) is 8.87. The molecule has 2 aromatic heterocycles. The quantitative estimate of drug-likeness (QED) is 0.192. The van der Waals surface area contributed by atoms with Gasteiger partial charge in [-0.25, -0.2) is 19.6 Å². The van der Waals surface area contributed by atoms with Crippen molar-refractivity contribution in [2.24, 2.45) is 0 Å². The van der Waals surface area contributed by atoms with E-state index in [4.69, 9.17) is 27.9 Å². The second-order valence-electron chi connectivity index (χ2n) is 7.87. The summed E-state index contributed by atoms with van der Waals surface area (Å²) in [4.78, 5) is 26.6. The number of methoxy groups -OCH3 is 1. The molecule has 0 unspecified atom stereocenters. The molecule has 0 bridgehead atoms. The standard InChI is InChI=1S/C25H22ClN5O3S2/c1-28-21-22(31-10-4-3-5-11-31)19(12-27)25(30-23(21)34-13-20(32)33-2)36-15-18-14-35-24(29-18)16-6-8-17(26)9-7-16/h6-9,14H,3-5,10-11,13,15H2,2H3. The Hall–Kier alpha value is -3.31. The van der Waals surface area contributed by atoms with Crippen LogP contribution in [0.5, 0.6) is 5.88 Å². The number of anilines is 1. The molecule has 1 saturated heterocycles. The smallest absolute Gasteiger partial charge is 0.343 e. The fraction of sp³-hybridized carbons (Fsp3) is 0.320. The summed E-state index contributed by atoms with van der Waals surface area (Å²) in [6, 6.07) is 9.76. The molecule has 11 heteroatoms. The topological polar surface area (TPSA) is 92.7 Å². The molecule has 3 heterocycles. The molecular weight excluding hydrogens is 518 g/mol. The largest absolute Gasteiger partial charge is 0.474 e. The van der Waals surface area contributed by atoms with E-state index < -0.39 is 5.97 Å².